The van der Waals surface area contributed by atoms with E-state index in [1.165, 1.54) is 23.5 Å². The number of rotatable bonds is 3. The minimum Gasteiger partial charge on any atom is -0.307 e. The zero-order valence-corrected chi connectivity index (χ0v) is 11.9. The number of thiazole rings is 1. The number of nitrogens with zero attached hydrogens (tertiary/aromatic N) is 1. The molecule has 2 nitrogen and oxygen atoms in total. The minimum atomic E-state index is -0.845. The Morgan fingerprint density at radius 3 is 2.58 bits per heavy atom. The number of halogens is 2. The summed E-state index contributed by atoms with van der Waals surface area (Å²) in [6.45, 7) is 6.98. The van der Waals surface area contributed by atoms with Crippen LogP contribution in [0, 0.1) is 11.6 Å². The Labute approximate surface area is 115 Å². The number of hydrogen-bond acceptors (Lipinski definition) is 3. The molecule has 0 saturated heterocycles. The third kappa shape index (κ3) is 3.81. The van der Waals surface area contributed by atoms with E-state index in [0.717, 1.165) is 10.9 Å². The molecule has 0 aliphatic heterocycles. The third-order valence-corrected chi connectivity index (χ3v) is 3.56. The molecule has 0 radical (unpaired) electrons. The van der Waals surface area contributed by atoms with Crippen LogP contribution in [0.4, 0.5) is 8.78 Å². The molecular formula is C14H16F2N2S. The van der Waals surface area contributed by atoms with Gasteiger partial charge in [-0.25, -0.2) is 13.8 Å². The van der Waals surface area contributed by atoms with E-state index < -0.39 is 11.6 Å². The zero-order chi connectivity index (χ0) is 14.0. The van der Waals surface area contributed by atoms with Crippen molar-refractivity contribution in [3.05, 3.63) is 40.9 Å². The van der Waals surface area contributed by atoms with Crippen molar-refractivity contribution in [3.63, 3.8) is 0 Å². The Hall–Kier alpha value is -1.33. The molecule has 0 atom stereocenters. The predicted octanol–water partition coefficient (Wildman–Crippen LogP) is 3.98. The largest absolute Gasteiger partial charge is 0.307 e. The molecule has 0 aliphatic carbocycles. The quantitative estimate of drug-likeness (QED) is 0.921. The standard InChI is InChI=1S/C14H16F2N2S/c1-14(2,3)18-8-10-7-17-13(19-10)9-4-5-11(15)12(16)6-9/h4-7,18H,8H2,1-3H3. The topological polar surface area (TPSA) is 24.9 Å². The van der Waals surface area contributed by atoms with Gasteiger partial charge in [-0.05, 0) is 39.0 Å². The van der Waals surface area contributed by atoms with Crippen molar-refractivity contribution in [2.75, 3.05) is 0 Å². The molecule has 1 aromatic heterocycles. The van der Waals surface area contributed by atoms with Gasteiger partial charge in [-0.2, -0.15) is 0 Å². The lowest BCUT2D eigenvalue weighted by molar-refractivity contribution is 0.426. The van der Waals surface area contributed by atoms with Crippen LogP contribution in [0.2, 0.25) is 0 Å². The van der Waals surface area contributed by atoms with Crippen LogP contribution < -0.4 is 5.32 Å². The summed E-state index contributed by atoms with van der Waals surface area (Å²) in [5.74, 6) is -1.68. The van der Waals surface area contributed by atoms with E-state index in [9.17, 15) is 8.78 Å². The molecule has 1 N–H and O–H groups in total. The fourth-order valence-corrected chi connectivity index (χ4v) is 2.35. The van der Waals surface area contributed by atoms with Gasteiger partial charge in [0.15, 0.2) is 11.6 Å². The molecular weight excluding hydrogens is 266 g/mol. The molecule has 0 spiro atoms. The van der Waals surface area contributed by atoms with Crippen LogP contribution >= 0.6 is 11.3 Å². The van der Waals surface area contributed by atoms with E-state index >= 15 is 0 Å². The van der Waals surface area contributed by atoms with Crippen LogP contribution in [0.3, 0.4) is 0 Å². The molecule has 2 aromatic rings. The summed E-state index contributed by atoms with van der Waals surface area (Å²) in [6.07, 6.45) is 1.76. The first kappa shape index (κ1) is 14.1. The second-order valence-corrected chi connectivity index (χ2v) is 6.48. The van der Waals surface area contributed by atoms with Gasteiger partial charge in [0.1, 0.15) is 5.01 Å². The van der Waals surface area contributed by atoms with Gasteiger partial charge in [0.2, 0.25) is 0 Å². The molecule has 1 heterocycles. The van der Waals surface area contributed by atoms with Crippen molar-refractivity contribution in [2.45, 2.75) is 32.9 Å². The number of aromatic nitrogens is 1. The Morgan fingerprint density at radius 1 is 1.21 bits per heavy atom. The first-order valence-electron chi connectivity index (χ1n) is 6.00. The Balaban J connectivity index is 2.14. The van der Waals surface area contributed by atoms with Crippen molar-refractivity contribution < 1.29 is 8.78 Å². The van der Waals surface area contributed by atoms with Gasteiger partial charge in [-0.15, -0.1) is 11.3 Å². The Morgan fingerprint density at radius 2 is 1.95 bits per heavy atom. The molecule has 0 bridgehead atoms. The summed E-state index contributed by atoms with van der Waals surface area (Å²) in [7, 11) is 0. The number of benzene rings is 1. The van der Waals surface area contributed by atoms with Crippen molar-refractivity contribution in [2.24, 2.45) is 0 Å². The van der Waals surface area contributed by atoms with Crippen molar-refractivity contribution in [1.82, 2.24) is 10.3 Å². The smallest absolute Gasteiger partial charge is 0.159 e. The zero-order valence-electron chi connectivity index (χ0n) is 11.1. The number of nitrogens with one attached hydrogen (secondary N) is 1. The molecule has 102 valence electrons. The molecule has 0 fully saturated rings. The van der Waals surface area contributed by atoms with Crippen molar-refractivity contribution in [1.29, 1.82) is 0 Å². The van der Waals surface area contributed by atoms with Gasteiger partial charge in [-0.1, -0.05) is 0 Å². The van der Waals surface area contributed by atoms with Gasteiger partial charge in [0, 0.05) is 28.7 Å². The van der Waals surface area contributed by atoms with Crippen LogP contribution in [0.15, 0.2) is 24.4 Å². The van der Waals surface area contributed by atoms with Gasteiger partial charge in [0.25, 0.3) is 0 Å². The SMILES string of the molecule is CC(C)(C)NCc1cnc(-c2ccc(F)c(F)c2)s1. The second kappa shape index (κ2) is 5.35. The minimum absolute atomic E-state index is 0.0339. The average molecular weight is 282 g/mol. The van der Waals surface area contributed by atoms with Crippen molar-refractivity contribution in [3.8, 4) is 10.6 Å². The maximum atomic E-state index is 13.2. The highest BCUT2D eigenvalue weighted by molar-refractivity contribution is 7.15. The summed E-state index contributed by atoms with van der Waals surface area (Å²) in [5, 5.41) is 4.06. The summed E-state index contributed by atoms with van der Waals surface area (Å²) >= 11 is 1.48. The van der Waals surface area contributed by atoms with Crippen LogP contribution in [-0.4, -0.2) is 10.5 Å². The lowest BCUT2D eigenvalue weighted by Gasteiger charge is -2.19. The lowest BCUT2D eigenvalue weighted by atomic mass is 10.1. The maximum Gasteiger partial charge on any atom is 0.159 e. The molecule has 5 heteroatoms. The average Bonchev–Trinajstić information content (AvgIpc) is 2.78. The van der Waals surface area contributed by atoms with Crippen LogP contribution in [0.5, 0.6) is 0 Å². The molecule has 2 rings (SSSR count). The van der Waals surface area contributed by atoms with Crippen molar-refractivity contribution >= 4 is 11.3 Å². The van der Waals surface area contributed by atoms with E-state index in [-0.39, 0.29) is 5.54 Å². The lowest BCUT2D eigenvalue weighted by Crippen LogP contribution is -2.34. The van der Waals surface area contributed by atoms with Gasteiger partial charge >= 0.3 is 0 Å². The molecule has 0 aliphatic rings. The Kier molecular flexibility index (Phi) is 3.96. The number of hydrogen-bond donors (Lipinski definition) is 1. The summed E-state index contributed by atoms with van der Waals surface area (Å²) < 4.78 is 26.0. The third-order valence-electron chi connectivity index (χ3n) is 2.51. The normalized spacial score (nSPS) is 11.8. The molecule has 0 unspecified atom stereocenters. The predicted molar refractivity (Wildman–Crippen MR) is 74.1 cm³/mol. The molecule has 0 amide bonds. The van der Waals surface area contributed by atoms with Crippen LogP contribution in [-0.2, 0) is 6.54 Å². The van der Waals surface area contributed by atoms with Crippen LogP contribution in [0.1, 0.15) is 25.6 Å². The molecule has 0 saturated carbocycles. The van der Waals surface area contributed by atoms with Gasteiger partial charge < -0.3 is 5.32 Å². The maximum absolute atomic E-state index is 13.2. The summed E-state index contributed by atoms with van der Waals surface area (Å²) in [5.41, 5.74) is 0.637. The van der Waals surface area contributed by atoms with E-state index in [1.807, 2.05) is 0 Å². The van der Waals surface area contributed by atoms with Gasteiger partial charge in [-0.3, -0.25) is 0 Å². The first-order chi connectivity index (χ1) is 8.85. The van der Waals surface area contributed by atoms with E-state index in [4.69, 9.17) is 0 Å². The highest BCUT2D eigenvalue weighted by atomic mass is 32.1. The fourth-order valence-electron chi connectivity index (χ4n) is 1.50. The highest BCUT2D eigenvalue weighted by Crippen LogP contribution is 2.26. The van der Waals surface area contributed by atoms with E-state index in [2.05, 4.69) is 31.1 Å². The monoisotopic (exact) mass is 282 g/mol. The Bertz CT molecular complexity index is 573. The molecule has 1 aromatic carbocycles. The van der Waals surface area contributed by atoms with E-state index in [1.54, 1.807) is 6.20 Å². The van der Waals surface area contributed by atoms with Gasteiger partial charge in [0.05, 0.1) is 0 Å². The summed E-state index contributed by atoms with van der Waals surface area (Å²) in [4.78, 5) is 5.31. The fraction of sp³-hybridized carbons (Fsp3) is 0.357. The molecule has 19 heavy (non-hydrogen) atoms. The van der Waals surface area contributed by atoms with Crippen LogP contribution in [0.25, 0.3) is 10.6 Å². The first-order valence-corrected chi connectivity index (χ1v) is 6.82. The summed E-state index contributed by atoms with van der Waals surface area (Å²) in [6, 6.07) is 3.84. The highest BCUT2D eigenvalue weighted by Gasteiger charge is 2.11. The second-order valence-electron chi connectivity index (χ2n) is 5.36. The van der Waals surface area contributed by atoms with E-state index in [0.29, 0.717) is 17.1 Å².